The fourth-order valence-corrected chi connectivity index (χ4v) is 4.53. The van der Waals surface area contributed by atoms with Crippen LogP contribution < -0.4 is 10.2 Å². The summed E-state index contributed by atoms with van der Waals surface area (Å²) < 4.78 is 0. The highest BCUT2D eigenvalue weighted by molar-refractivity contribution is 5.93. The number of hydrogen-bond donors (Lipinski definition) is 2. The van der Waals surface area contributed by atoms with Gasteiger partial charge in [0.1, 0.15) is 11.2 Å². The third-order valence-corrected chi connectivity index (χ3v) is 5.97. The molecule has 2 aliphatic rings. The van der Waals surface area contributed by atoms with E-state index in [1.807, 2.05) is 0 Å². The van der Waals surface area contributed by atoms with Crippen LogP contribution in [0.2, 0.25) is 0 Å². The maximum Gasteiger partial charge on any atom is 0.228 e. The summed E-state index contributed by atoms with van der Waals surface area (Å²) in [6, 6.07) is 14.9. The summed E-state index contributed by atoms with van der Waals surface area (Å²) in [5.74, 6) is 2.20. The van der Waals surface area contributed by atoms with Crippen molar-refractivity contribution >= 4 is 40.3 Å². The molecule has 4 heterocycles. The number of H-pyrrole nitrogens is 1. The van der Waals surface area contributed by atoms with Crippen LogP contribution in [-0.4, -0.2) is 46.1 Å². The highest BCUT2D eigenvalue weighted by Crippen LogP contribution is 2.32. The van der Waals surface area contributed by atoms with Crippen LogP contribution in [0.3, 0.4) is 0 Å². The van der Waals surface area contributed by atoms with E-state index in [9.17, 15) is 0 Å². The fraction of sp³-hybridized carbons (Fsp3) is 0.286. The molecule has 2 unspecified atom stereocenters. The van der Waals surface area contributed by atoms with E-state index in [0.29, 0.717) is 11.8 Å². The molecule has 4 aromatic rings. The molecule has 2 aromatic carbocycles. The molecule has 6 nitrogen and oxygen atoms in total. The molecule has 6 rings (SSSR count). The number of benzene rings is 2. The van der Waals surface area contributed by atoms with Gasteiger partial charge in [-0.15, -0.1) is 12.4 Å². The number of anilines is 1. The number of nitrogens with zero attached hydrogens (tertiary/aromatic N) is 4. The first-order valence-electron chi connectivity index (χ1n) is 9.51. The minimum absolute atomic E-state index is 0. The molecule has 142 valence electrons. The molecule has 0 bridgehead atoms. The standard InChI is InChI=1S/C21H20N6.ClH/c1-2-4-14-7-15(6-5-13(14)3-1)18-19-20(24-12-23-19)26-21(25-18)27-10-16-8-22-9-17(16)11-27;/h1-7,12,16-17,22H,8-11H2,(H,23,24,25,26);1H. The Bertz CT molecular complexity index is 1140. The van der Waals surface area contributed by atoms with Gasteiger partial charge in [0, 0.05) is 31.7 Å². The summed E-state index contributed by atoms with van der Waals surface area (Å²) in [5.41, 5.74) is 3.65. The van der Waals surface area contributed by atoms with Crippen molar-refractivity contribution in [1.82, 2.24) is 25.3 Å². The Morgan fingerprint density at radius 2 is 1.71 bits per heavy atom. The summed E-state index contributed by atoms with van der Waals surface area (Å²) in [6.45, 7) is 4.24. The first-order chi connectivity index (χ1) is 13.3. The summed E-state index contributed by atoms with van der Waals surface area (Å²) in [4.78, 5) is 19.7. The third kappa shape index (κ3) is 2.72. The van der Waals surface area contributed by atoms with Crippen molar-refractivity contribution in [1.29, 1.82) is 0 Å². The number of rotatable bonds is 2. The molecule has 2 N–H and O–H groups in total. The second-order valence-corrected chi connectivity index (χ2v) is 7.62. The monoisotopic (exact) mass is 392 g/mol. The van der Waals surface area contributed by atoms with Crippen LogP contribution in [0.1, 0.15) is 0 Å². The lowest BCUT2D eigenvalue weighted by Gasteiger charge is -2.18. The van der Waals surface area contributed by atoms with E-state index in [2.05, 4.69) is 62.6 Å². The molecule has 2 atom stereocenters. The molecule has 0 amide bonds. The predicted octanol–water partition coefficient (Wildman–Crippen LogP) is 3.25. The van der Waals surface area contributed by atoms with E-state index in [1.54, 1.807) is 6.33 Å². The van der Waals surface area contributed by atoms with Crippen molar-refractivity contribution in [3.05, 3.63) is 48.8 Å². The van der Waals surface area contributed by atoms with E-state index in [4.69, 9.17) is 9.97 Å². The molecule has 7 heteroatoms. The van der Waals surface area contributed by atoms with Gasteiger partial charge in [0.05, 0.1) is 6.33 Å². The van der Waals surface area contributed by atoms with Gasteiger partial charge in [-0.05, 0) is 28.7 Å². The SMILES string of the molecule is Cl.c1ccc2cc(-c3nc(N4CC5CNCC5C4)nc4nc[nH]c34)ccc2c1. The van der Waals surface area contributed by atoms with Crippen LogP contribution >= 0.6 is 12.4 Å². The van der Waals surface area contributed by atoms with Crippen molar-refractivity contribution in [2.75, 3.05) is 31.1 Å². The Hall–Kier alpha value is -2.70. The van der Waals surface area contributed by atoms with Crippen molar-refractivity contribution < 1.29 is 0 Å². The predicted molar refractivity (Wildman–Crippen MR) is 114 cm³/mol. The first-order valence-corrected chi connectivity index (χ1v) is 9.51. The Morgan fingerprint density at radius 3 is 2.54 bits per heavy atom. The van der Waals surface area contributed by atoms with Gasteiger partial charge in [-0.25, -0.2) is 9.97 Å². The average Bonchev–Trinajstić information content (AvgIpc) is 3.42. The van der Waals surface area contributed by atoms with Crippen LogP contribution in [-0.2, 0) is 0 Å². The van der Waals surface area contributed by atoms with Gasteiger partial charge in [-0.2, -0.15) is 4.98 Å². The Labute approximate surface area is 168 Å². The molecule has 28 heavy (non-hydrogen) atoms. The van der Waals surface area contributed by atoms with Gasteiger partial charge in [0.15, 0.2) is 5.65 Å². The molecule has 2 aromatic heterocycles. The lowest BCUT2D eigenvalue weighted by Crippen LogP contribution is -2.27. The highest BCUT2D eigenvalue weighted by Gasteiger charge is 2.37. The zero-order chi connectivity index (χ0) is 17.8. The number of nitrogens with one attached hydrogen (secondary N) is 2. The molecule has 0 radical (unpaired) electrons. The Kier molecular flexibility index (Phi) is 4.18. The van der Waals surface area contributed by atoms with Gasteiger partial charge >= 0.3 is 0 Å². The van der Waals surface area contributed by atoms with E-state index in [-0.39, 0.29) is 12.4 Å². The normalized spacial score (nSPS) is 21.2. The van der Waals surface area contributed by atoms with E-state index in [0.717, 1.165) is 54.5 Å². The maximum atomic E-state index is 4.98. The number of imidazole rings is 1. The Morgan fingerprint density at radius 1 is 0.929 bits per heavy atom. The van der Waals surface area contributed by atoms with Crippen molar-refractivity contribution in [2.45, 2.75) is 0 Å². The van der Waals surface area contributed by atoms with Gasteiger partial charge < -0.3 is 15.2 Å². The van der Waals surface area contributed by atoms with Gasteiger partial charge in [0.25, 0.3) is 0 Å². The molecule has 2 aliphatic heterocycles. The molecule has 2 saturated heterocycles. The minimum Gasteiger partial charge on any atom is -0.341 e. The number of aromatic amines is 1. The molecule has 0 saturated carbocycles. The van der Waals surface area contributed by atoms with Crippen molar-refractivity contribution in [3.8, 4) is 11.3 Å². The number of hydrogen-bond acceptors (Lipinski definition) is 5. The summed E-state index contributed by atoms with van der Waals surface area (Å²) in [7, 11) is 0. The second kappa shape index (κ2) is 6.72. The highest BCUT2D eigenvalue weighted by atomic mass is 35.5. The average molecular weight is 393 g/mol. The number of fused-ring (bicyclic) bond motifs is 3. The van der Waals surface area contributed by atoms with Gasteiger partial charge in [0.2, 0.25) is 5.95 Å². The van der Waals surface area contributed by atoms with Crippen LogP contribution in [0.4, 0.5) is 5.95 Å². The zero-order valence-corrected chi connectivity index (χ0v) is 16.1. The van der Waals surface area contributed by atoms with Crippen LogP contribution in [0.25, 0.3) is 33.2 Å². The summed E-state index contributed by atoms with van der Waals surface area (Å²) in [6.07, 6.45) is 1.70. The fourth-order valence-electron chi connectivity index (χ4n) is 4.53. The summed E-state index contributed by atoms with van der Waals surface area (Å²) >= 11 is 0. The number of aromatic nitrogens is 4. The lowest BCUT2D eigenvalue weighted by molar-refractivity contribution is 0.533. The maximum absolute atomic E-state index is 4.98. The largest absolute Gasteiger partial charge is 0.341 e. The molecular weight excluding hydrogens is 372 g/mol. The van der Waals surface area contributed by atoms with Gasteiger partial charge in [-0.3, -0.25) is 0 Å². The van der Waals surface area contributed by atoms with E-state index in [1.165, 1.54) is 10.8 Å². The van der Waals surface area contributed by atoms with Crippen LogP contribution in [0, 0.1) is 11.8 Å². The quantitative estimate of drug-likeness (QED) is 0.548. The second-order valence-electron chi connectivity index (χ2n) is 7.62. The zero-order valence-electron chi connectivity index (χ0n) is 15.3. The summed E-state index contributed by atoms with van der Waals surface area (Å²) in [5, 5.41) is 5.94. The molecule has 2 fully saturated rings. The smallest absolute Gasteiger partial charge is 0.228 e. The molecular formula is C21H21ClN6. The lowest BCUT2D eigenvalue weighted by atomic mass is 10.0. The first kappa shape index (κ1) is 17.4. The van der Waals surface area contributed by atoms with Crippen molar-refractivity contribution in [3.63, 3.8) is 0 Å². The van der Waals surface area contributed by atoms with Crippen LogP contribution in [0.15, 0.2) is 48.8 Å². The van der Waals surface area contributed by atoms with Crippen molar-refractivity contribution in [2.24, 2.45) is 11.8 Å². The topological polar surface area (TPSA) is 69.7 Å². The van der Waals surface area contributed by atoms with E-state index < -0.39 is 0 Å². The molecule has 0 aliphatic carbocycles. The third-order valence-electron chi connectivity index (χ3n) is 5.97. The number of halogens is 1. The van der Waals surface area contributed by atoms with E-state index >= 15 is 0 Å². The van der Waals surface area contributed by atoms with Crippen LogP contribution in [0.5, 0.6) is 0 Å². The Balaban J connectivity index is 0.00000171. The van der Waals surface area contributed by atoms with Gasteiger partial charge in [-0.1, -0.05) is 36.4 Å². The molecule has 0 spiro atoms. The minimum atomic E-state index is 0.